The molecule has 13 heteroatoms. The molecule has 0 bridgehead atoms. The van der Waals surface area contributed by atoms with Crippen molar-refractivity contribution in [1.29, 1.82) is 0 Å². The predicted molar refractivity (Wildman–Crippen MR) is 99.3 cm³/mol. The van der Waals surface area contributed by atoms with E-state index in [1.54, 1.807) is 0 Å². The first-order valence-corrected chi connectivity index (χ1v) is 9.06. The summed E-state index contributed by atoms with van der Waals surface area (Å²) in [6, 6.07) is 3.66. The Morgan fingerprint density at radius 1 is 1.28 bits per heavy atom. The van der Waals surface area contributed by atoms with Gasteiger partial charge in [-0.25, -0.2) is 4.98 Å². The maximum absolute atomic E-state index is 12.3. The molecule has 0 aliphatic heterocycles. The summed E-state index contributed by atoms with van der Waals surface area (Å²) in [6.07, 6.45) is -4.84. The number of benzene rings is 1. The summed E-state index contributed by atoms with van der Waals surface area (Å²) in [7, 11) is 1.48. The molecule has 2 aromatic rings. The molecule has 0 aliphatic carbocycles. The first-order valence-electron chi connectivity index (χ1n) is 8.24. The Kier molecular flexibility index (Phi) is 7.34. The number of nitrogens with one attached hydrogen (secondary N) is 2. The van der Waals surface area contributed by atoms with Gasteiger partial charge < -0.3 is 26.0 Å². The number of halogens is 3. The van der Waals surface area contributed by atoms with Crippen LogP contribution in [0.1, 0.15) is 6.42 Å². The monoisotopic (exact) mass is 433 g/mol. The lowest BCUT2D eigenvalue weighted by molar-refractivity contribution is -0.274. The number of nitrogens with zero attached hydrogens (tertiary/aromatic N) is 2. The van der Waals surface area contributed by atoms with Crippen molar-refractivity contribution in [1.82, 2.24) is 15.2 Å². The van der Waals surface area contributed by atoms with Gasteiger partial charge in [0.15, 0.2) is 5.13 Å². The van der Waals surface area contributed by atoms with E-state index in [0.29, 0.717) is 10.2 Å². The minimum Gasteiger partial charge on any atom is -0.406 e. The van der Waals surface area contributed by atoms with Gasteiger partial charge in [0.2, 0.25) is 17.7 Å². The Hall–Kier alpha value is -2.93. The number of aromatic nitrogens is 1. The highest BCUT2D eigenvalue weighted by Gasteiger charge is 2.31. The van der Waals surface area contributed by atoms with Crippen molar-refractivity contribution < 1.29 is 32.3 Å². The van der Waals surface area contributed by atoms with Crippen LogP contribution in [0.5, 0.6) is 5.75 Å². The number of thiazole rings is 1. The van der Waals surface area contributed by atoms with Crippen molar-refractivity contribution in [2.45, 2.75) is 12.8 Å². The molecule has 1 heterocycles. The second-order valence-corrected chi connectivity index (χ2v) is 6.82. The van der Waals surface area contributed by atoms with E-state index < -0.39 is 24.1 Å². The molecule has 0 fully saturated rings. The standard InChI is InChI=1S/C16H18F3N5O4S/c1-24(14(27)8-21-13(26)7-20)5-4-12(25)23-15-22-10-3-2-9(6-11(10)29-15)28-16(17,18)19/h2-3,6H,4-5,7-8,20H2,1H3,(H,21,26)(H,22,23,25). The van der Waals surface area contributed by atoms with E-state index >= 15 is 0 Å². The highest BCUT2D eigenvalue weighted by Crippen LogP contribution is 2.31. The zero-order chi connectivity index (χ0) is 21.6. The van der Waals surface area contributed by atoms with Gasteiger partial charge in [-0.3, -0.25) is 14.4 Å². The number of anilines is 1. The fourth-order valence-electron chi connectivity index (χ4n) is 2.11. The molecule has 1 aromatic heterocycles. The van der Waals surface area contributed by atoms with Crippen molar-refractivity contribution in [2.24, 2.45) is 5.73 Å². The smallest absolute Gasteiger partial charge is 0.406 e. The Morgan fingerprint density at radius 2 is 2.00 bits per heavy atom. The normalized spacial score (nSPS) is 11.2. The van der Waals surface area contributed by atoms with Gasteiger partial charge in [0.05, 0.1) is 23.3 Å². The molecule has 0 unspecified atom stereocenters. The van der Waals surface area contributed by atoms with Crippen LogP contribution in [0.3, 0.4) is 0 Å². The number of nitrogens with two attached hydrogens (primary N) is 1. The minimum absolute atomic E-state index is 0.0363. The molecule has 9 nitrogen and oxygen atoms in total. The first kappa shape index (κ1) is 22.4. The number of carbonyl (C=O) groups is 3. The molecule has 4 N–H and O–H groups in total. The Morgan fingerprint density at radius 3 is 2.66 bits per heavy atom. The summed E-state index contributed by atoms with van der Waals surface area (Å²) in [5, 5.41) is 5.07. The lowest BCUT2D eigenvalue weighted by Gasteiger charge is -2.16. The SMILES string of the molecule is CN(CCC(=O)Nc1nc2ccc(OC(F)(F)F)cc2s1)C(=O)CNC(=O)CN. The second kappa shape index (κ2) is 9.52. The van der Waals surface area contributed by atoms with Gasteiger partial charge in [0.25, 0.3) is 0 Å². The van der Waals surface area contributed by atoms with E-state index in [2.05, 4.69) is 20.4 Å². The van der Waals surface area contributed by atoms with Gasteiger partial charge >= 0.3 is 6.36 Å². The van der Waals surface area contributed by atoms with Crippen LogP contribution < -0.4 is 21.1 Å². The molecule has 0 spiro atoms. The van der Waals surface area contributed by atoms with Crippen molar-refractivity contribution in [3.8, 4) is 5.75 Å². The number of carbonyl (C=O) groups excluding carboxylic acids is 3. The molecule has 0 atom stereocenters. The van der Waals surface area contributed by atoms with Crippen LogP contribution in [0.25, 0.3) is 10.2 Å². The Balaban J connectivity index is 1.87. The summed E-state index contributed by atoms with van der Waals surface area (Å²) >= 11 is 0.990. The Labute approximate surface area is 167 Å². The third-order valence-corrected chi connectivity index (χ3v) is 4.50. The number of rotatable bonds is 8. The molecule has 0 saturated heterocycles. The molecule has 1 aromatic carbocycles. The van der Waals surface area contributed by atoms with E-state index in [1.807, 2.05) is 0 Å². The van der Waals surface area contributed by atoms with Crippen molar-refractivity contribution in [2.75, 3.05) is 32.0 Å². The number of likely N-dealkylation sites (N-methyl/N-ethyl adjacent to an activating group) is 1. The molecular weight excluding hydrogens is 415 g/mol. The summed E-state index contributed by atoms with van der Waals surface area (Å²) in [6.45, 7) is -0.364. The molecule has 3 amide bonds. The molecular formula is C16H18F3N5O4S. The molecule has 29 heavy (non-hydrogen) atoms. The van der Waals surface area contributed by atoms with Gasteiger partial charge in [0.1, 0.15) is 5.75 Å². The van der Waals surface area contributed by atoms with Crippen LogP contribution in [0.15, 0.2) is 18.2 Å². The van der Waals surface area contributed by atoms with Gasteiger partial charge in [-0.05, 0) is 12.1 Å². The average molecular weight is 433 g/mol. The largest absolute Gasteiger partial charge is 0.573 e. The van der Waals surface area contributed by atoms with E-state index in [4.69, 9.17) is 5.73 Å². The first-order chi connectivity index (χ1) is 13.6. The zero-order valence-electron chi connectivity index (χ0n) is 15.2. The molecule has 158 valence electrons. The van der Waals surface area contributed by atoms with Crippen LogP contribution in [-0.4, -0.2) is 60.6 Å². The van der Waals surface area contributed by atoms with Gasteiger partial charge in [0, 0.05) is 26.1 Å². The summed E-state index contributed by atoms with van der Waals surface area (Å²) in [5.74, 6) is -1.67. The van der Waals surface area contributed by atoms with Crippen LogP contribution in [0.4, 0.5) is 18.3 Å². The van der Waals surface area contributed by atoms with E-state index in [-0.39, 0.29) is 36.9 Å². The fraction of sp³-hybridized carbons (Fsp3) is 0.375. The number of hydrogen-bond donors (Lipinski definition) is 3. The molecule has 0 saturated carbocycles. The third-order valence-electron chi connectivity index (χ3n) is 3.56. The fourth-order valence-corrected chi connectivity index (χ4v) is 3.02. The summed E-state index contributed by atoms with van der Waals surface area (Å²) in [4.78, 5) is 40.3. The predicted octanol–water partition coefficient (Wildman–Crippen LogP) is 1.06. The molecule has 0 aliphatic rings. The highest BCUT2D eigenvalue weighted by molar-refractivity contribution is 7.22. The van der Waals surface area contributed by atoms with Crippen molar-refractivity contribution >= 4 is 44.4 Å². The van der Waals surface area contributed by atoms with E-state index in [1.165, 1.54) is 24.1 Å². The number of amides is 3. The molecule has 0 radical (unpaired) electrons. The van der Waals surface area contributed by atoms with E-state index in [9.17, 15) is 27.6 Å². The van der Waals surface area contributed by atoms with Gasteiger partial charge in [-0.15, -0.1) is 13.2 Å². The quantitative estimate of drug-likeness (QED) is 0.571. The third kappa shape index (κ3) is 7.19. The van der Waals surface area contributed by atoms with Crippen molar-refractivity contribution in [3.05, 3.63) is 18.2 Å². The average Bonchev–Trinajstić information content (AvgIpc) is 3.03. The van der Waals surface area contributed by atoms with Crippen LogP contribution in [0.2, 0.25) is 0 Å². The van der Waals surface area contributed by atoms with Crippen molar-refractivity contribution in [3.63, 3.8) is 0 Å². The minimum atomic E-state index is -4.80. The number of ether oxygens (including phenoxy) is 1. The van der Waals surface area contributed by atoms with E-state index in [0.717, 1.165) is 17.4 Å². The van der Waals surface area contributed by atoms with Gasteiger partial charge in [-0.1, -0.05) is 11.3 Å². The van der Waals surface area contributed by atoms with Crippen LogP contribution in [-0.2, 0) is 14.4 Å². The Bertz CT molecular complexity index is 902. The maximum atomic E-state index is 12.3. The highest BCUT2D eigenvalue weighted by atomic mass is 32.1. The summed E-state index contributed by atoms with van der Waals surface area (Å²) < 4.78 is 41.1. The number of fused-ring (bicyclic) bond motifs is 1. The molecule has 2 rings (SSSR count). The maximum Gasteiger partial charge on any atom is 0.573 e. The lowest BCUT2D eigenvalue weighted by atomic mass is 10.3. The zero-order valence-corrected chi connectivity index (χ0v) is 16.0. The summed E-state index contributed by atoms with van der Waals surface area (Å²) in [5.41, 5.74) is 5.52. The lowest BCUT2D eigenvalue weighted by Crippen LogP contribution is -2.41. The number of hydrogen-bond acceptors (Lipinski definition) is 7. The topological polar surface area (TPSA) is 127 Å². The van der Waals surface area contributed by atoms with Crippen LogP contribution in [0, 0.1) is 0 Å². The van der Waals surface area contributed by atoms with Gasteiger partial charge in [-0.2, -0.15) is 0 Å². The van der Waals surface area contributed by atoms with Crippen LogP contribution >= 0.6 is 11.3 Å². The second-order valence-electron chi connectivity index (χ2n) is 5.79. The number of alkyl halides is 3.